The zero-order valence-electron chi connectivity index (χ0n) is 8.39. The van der Waals surface area contributed by atoms with Crippen LogP contribution in [0, 0.1) is 13.8 Å². The topological polar surface area (TPSA) is 0 Å². The summed E-state index contributed by atoms with van der Waals surface area (Å²) in [6.07, 6.45) is 0. The van der Waals surface area contributed by atoms with E-state index in [2.05, 4.69) is 45.2 Å². The van der Waals surface area contributed by atoms with Gasteiger partial charge in [0.05, 0.1) is 0 Å². The van der Waals surface area contributed by atoms with Gasteiger partial charge in [0.2, 0.25) is 7.38 Å². The summed E-state index contributed by atoms with van der Waals surface area (Å²) in [5.41, 5.74) is 4.45. The summed E-state index contributed by atoms with van der Waals surface area (Å²) >= 11 is 6.44. The molecule has 0 fully saturated rings. The highest BCUT2D eigenvalue weighted by molar-refractivity contribution is 7.29. The molecule has 0 radical (unpaired) electrons. The summed E-state index contributed by atoms with van der Waals surface area (Å²) in [7, 11) is -1.89. The zero-order chi connectivity index (χ0) is 10.1. The van der Waals surface area contributed by atoms with Crippen LogP contribution in [0.1, 0.15) is 11.1 Å². The predicted molar refractivity (Wildman–Crippen MR) is 63.2 cm³/mol. The average molecular weight is 211 g/mol. The molecule has 0 heterocycles. The van der Waals surface area contributed by atoms with Gasteiger partial charge in [-0.3, -0.25) is 0 Å². The highest BCUT2D eigenvalue weighted by Crippen LogP contribution is 2.13. The third-order valence-corrected chi connectivity index (χ3v) is 5.74. The van der Waals surface area contributed by atoms with E-state index in [1.54, 1.807) is 0 Å². The van der Waals surface area contributed by atoms with Crippen molar-refractivity contribution >= 4 is 23.6 Å². The molecular weight excluding hydrogens is 196 g/mol. The molecule has 1 unspecified atom stereocenters. The minimum atomic E-state index is -1.89. The SMILES string of the molecule is C=C[Si](C)(Cl)c1cc(C)ccc1C. The zero-order valence-corrected chi connectivity index (χ0v) is 10.2. The fourth-order valence-electron chi connectivity index (χ4n) is 1.37. The van der Waals surface area contributed by atoms with E-state index in [1.807, 2.05) is 5.70 Å². The second kappa shape index (κ2) is 3.68. The fraction of sp³-hybridized carbons (Fsp3) is 0.273. The van der Waals surface area contributed by atoms with E-state index in [0.717, 1.165) is 0 Å². The number of halogens is 1. The number of benzene rings is 1. The first-order valence-corrected chi connectivity index (χ1v) is 7.96. The minimum Gasteiger partial charge on any atom is -0.156 e. The third-order valence-electron chi connectivity index (χ3n) is 2.30. The monoisotopic (exact) mass is 210 g/mol. The van der Waals surface area contributed by atoms with Crippen molar-refractivity contribution in [1.29, 1.82) is 0 Å². The van der Waals surface area contributed by atoms with Crippen LogP contribution in [0.2, 0.25) is 6.55 Å². The lowest BCUT2D eigenvalue weighted by Gasteiger charge is -2.18. The van der Waals surface area contributed by atoms with Gasteiger partial charge in [-0.05, 0) is 25.6 Å². The van der Waals surface area contributed by atoms with Crippen LogP contribution in [0.15, 0.2) is 30.5 Å². The van der Waals surface area contributed by atoms with Gasteiger partial charge in [-0.25, -0.2) is 0 Å². The minimum absolute atomic E-state index is 1.27. The first-order chi connectivity index (χ1) is 5.97. The molecule has 0 aliphatic carbocycles. The average Bonchev–Trinajstić information content (AvgIpc) is 2.09. The van der Waals surface area contributed by atoms with Gasteiger partial charge in [0, 0.05) is 0 Å². The highest BCUT2D eigenvalue weighted by atomic mass is 35.6. The molecule has 70 valence electrons. The summed E-state index contributed by atoms with van der Waals surface area (Å²) < 4.78 is 0. The number of hydrogen-bond donors (Lipinski definition) is 0. The lowest BCUT2D eigenvalue weighted by atomic mass is 10.2. The van der Waals surface area contributed by atoms with E-state index < -0.39 is 7.38 Å². The van der Waals surface area contributed by atoms with Crippen LogP contribution in [-0.2, 0) is 0 Å². The Balaban J connectivity index is 3.28. The molecule has 0 bridgehead atoms. The molecule has 0 N–H and O–H groups in total. The maximum Gasteiger partial charge on any atom is 0.206 e. The Kier molecular flexibility index (Phi) is 2.99. The van der Waals surface area contributed by atoms with Gasteiger partial charge < -0.3 is 0 Å². The quantitative estimate of drug-likeness (QED) is 0.520. The molecule has 1 rings (SSSR count). The van der Waals surface area contributed by atoms with E-state index in [4.69, 9.17) is 11.1 Å². The van der Waals surface area contributed by atoms with Crippen LogP contribution >= 0.6 is 11.1 Å². The van der Waals surface area contributed by atoms with Crippen molar-refractivity contribution in [1.82, 2.24) is 0 Å². The largest absolute Gasteiger partial charge is 0.206 e. The highest BCUT2D eigenvalue weighted by Gasteiger charge is 2.24. The molecule has 1 aromatic carbocycles. The molecule has 0 saturated heterocycles. The molecule has 2 heteroatoms. The van der Waals surface area contributed by atoms with Gasteiger partial charge in [-0.2, -0.15) is 11.1 Å². The molecule has 0 aliphatic heterocycles. The van der Waals surface area contributed by atoms with Gasteiger partial charge in [-0.15, -0.1) is 6.58 Å². The fourth-order valence-corrected chi connectivity index (χ4v) is 3.57. The Labute approximate surface area is 86.0 Å². The molecule has 13 heavy (non-hydrogen) atoms. The number of aryl methyl sites for hydroxylation is 2. The van der Waals surface area contributed by atoms with Crippen molar-refractivity contribution < 1.29 is 0 Å². The smallest absolute Gasteiger partial charge is 0.156 e. The molecule has 0 aromatic heterocycles. The van der Waals surface area contributed by atoms with Crippen LogP contribution in [-0.4, -0.2) is 7.38 Å². The van der Waals surface area contributed by atoms with Crippen molar-refractivity contribution in [3.63, 3.8) is 0 Å². The first kappa shape index (κ1) is 10.5. The van der Waals surface area contributed by atoms with Crippen molar-refractivity contribution in [2.75, 3.05) is 0 Å². The first-order valence-electron chi connectivity index (χ1n) is 4.37. The van der Waals surface area contributed by atoms with Crippen molar-refractivity contribution in [3.8, 4) is 0 Å². The van der Waals surface area contributed by atoms with E-state index in [9.17, 15) is 0 Å². The molecule has 0 amide bonds. The second-order valence-electron chi connectivity index (χ2n) is 3.60. The van der Waals surface area contributed by atoms with Crippen LogP contribution in [0.4, 0.5) is 0 Å². The molecule has 0 saturated carbocycles. The van der Waals surface area contributed by atoms with Crippen LogP contribution in [0.25, 0.3) is 0 Å². The summed E-state index contributed by atoms with van der Waals surface area (Å²) in [5.74, 6) is 0. The van der Waals surface area contributed by atoms with Crippen molar-refractivity contribution in [2.24, 2.45) is 0 Å². The molecule has 1 aromatic rings. The second-order valence-corrected chi connectivity index (χ2v) is 9.05. The van der Waals surface area contributed by atoms with Gasteiger partial charge in [0.25, 0.3) is 0 Å². The molecule has 0 spiro atoms. The normalized spacial score (nSPS) is 15.1. The Bertz CT molecular complexity index is 329. The third kappa shape index (κ3) is 2.23. The standard InChI is InChI=1S/C11H15ClSi/c1-5-13(4,12)11-8-9(2)6-7-10(11)3/h5-8H,1H2,2-4H3. The summed E-state index contributed by atoms with van der Waals surface area (Å²) in [5, 5.41) is 1.28. The van der Waals surface area contributed by atoms with Crippen molar-refractivity contribution in [2.45, 2.75) is 20.4 Å². The van der Waals surface area contributed by atoms with Gasteiger partial charge in [-0.1, -0.05) is 35.0 Å². The summed E-state index contributed by atoms with van der Waals surface area (Å²) in [6, 6.07) is 6.42. The summed E-state index contributed by atoms with van der Waals surface area (Å²) in [4.78, 5) is 0. The Morgan fingerprint density at radius 1 is 1.38 bits per heavy atom. The maximum atomic E-state index is 6.44. The Morgan fingerprint density at radius 3 is 2.54 bits per heavy atom. The van der Waals surface area contributed by atoms with E-state index in [1.165, 1.54) is 16.3 Å². The lowest BCUT2D eigenvalue weighted by Crippen LogP contribution is -2.38. The van der Waals surface area contributed by atoms with E-state index in [-0.39, 0.29) is 0 Å². The number of hydrogen-bond acceptors (Lipinski definition) is 0. The summed E-state index contributed by atoms with van der Waals surface area (Å²) in [6.45, 7) is 10.1. The van der Waals surface area contributed by atoms with Crippen LogP contribution in [0.5, 0.6) is 0 Å². The predicted octanol–water partition coefficient (Wildman–Crippen LogP) is 3.05. The molecule has 0 nitrogen and oxygen atoms in total. The molecule has 1 atom stereocenters. The van der Waals surface area contributed by atoms with Crippen molar-refractivity contribution in [3.05, 3.63) is 41.6 Å². The molecule has 0 aliphatic rings. The lowest BCUT2D eigenvalue weighted by molar-refractivity contribution is 1.42. The van der Waals surface area contributed by atoms with Gasteiger partial charge in [0.1, 0.15) is 0 Å². The van der Waals surface area contributed by atoms with Crippen LogP contribution in [0.3, 0.4) is 0 Å². The van der Waals surface area contributed by atoms with E-state index >= 15 is 0 Å². The van der Waals surface area contributed by atoms with E-state index in [0.29, 0.717) is 0 Å². The number of rotatable bonds is 2. The van der Waals surface area contributed by atoms with Gasteiger partial charge in [0.15, 0.2) is 0 Å². The maximum absolute atomic E-state index is 6.44. The Morgan fingerprint density at radius 2 is 2.00 bits per heavy atom. The Hall–Kier alpha value is -0.533. The van der Waals surface area contributed by atoms with Crippen LogP contribution < -0.4 is 5.19 Å². The van der Waals surface area contributed by atoms with Gasteiger partial charge >= 0.3 is 0 Å². The molecular formula is C11H15ClSi.